The van der Waals surface area contributed by atoms with Gasteiger partial charge < -0.3 is 20.1 Å². The molecular formula is C29H45N3O3. The number of likely N-dealkylation sites (tertiary alicyclic amines) is 1. The Kier molecular flexibility index (Phi) is 14.2. The Bertz CT molecular complexity index is 1000. The van der Waals surface area contributed by atoms with E-state index in [0.29, 0.717) is 23.7 Å². The van der Waals surface area contributed by atoms with Crippen LogP contribution in [0.5, 0.6) is 11.5 Å². The van der Waals surface area contributed by atoms with Crippen LogP contribution in [0.1, 0.15) is 85.1 Å². The van der Waals surface area contributed by atoms with E-state index in [1.807, 2.05) is 30.9 Å². The Labute approximate surface area is 211 Å². The second kappa shape index (κ2) is 16.6. The van der Waals surface area contributed by atoms with Gasteiger partial charge in [-0.1, -0.05) is 71.9 Å². The molecule has 35 heavy (non-hydrogen) atoms. The first-order valence-electron chi connectivity index (χ1n) is 13.1. The molecule has 0 atom stereocenters. The van der Waals surface area contributed by atoms with Crippen LogP contribution in [0.3, 0.4) is 0 Å². The van der Waals surface area contributed by atoms with Gasteiger partial charge in [0.25, 0.3) is 0 Å². The molecule has 1 aliphatic heterocycles. The summed E-state index contributed by atoms with van der Waals surface area (Å²) in [6, 6.07) is 10.3. The van der Waals surface area contributed by atoms with Crippen LogP contribution >= 0.6 is 0 Å². The molecule has 1 aliphatic rings. The first kappa shape index (κ1) is 30.0. The first-order valence-corrected chi connectivity index (χ1v) is 13.1. The lowest BCUT2D eigenvalue weighted by molar-refractivity contribution is -0.129. The fourth-order valence-electron chi connectivity index (χ4n) is 3.15. The van der Waals surface area contributed by atoms with Gasteiger partial charge in [-0.05, 0) is 44.0 Å². The number of hydrogen-bond acceptors (Lipinski definition) is 4. The quantitative estimate of drug-likeness (QED) is 0.357. The lowest BCUT2D eigenvalue weighted by Crippen LogP contribution is -2.26. The van der Waals surface area contributed by atoms with Gasteiger partial charge in [0.1, 0.15) is 17.3 Å². The molecule has 3 N–H and O–H groups in total. The van der Waals surface area contributed by atoms with Crippen molar-refractivity contribution in [2.45, 2.75) is 86.5 Å². The smallest absolute Gasteiger partial charge is 0.222 e. The maximum atomic E-state index is 10.9. The number of amides is 1. The third-order valence-corrected chi connectivity index (χ3v) is 5.63. The van der Waals surface area contributed by atoms with Crippen molar-refractivity contribution in [1.82, 2.24) is 14.9 Å². The summed E-state index contributed by atoms with van der Waals surface area (Å²) in [5, 5.41) is 19.3. The molecule has 2 heterocycles. The number of nitrogens with one attached hydrogen (secondary N) is 1. The molecule has 1 fully saturated rings. The molecule has 194 valence electrons. The lowest BCUT2D eigenvalue weighted by atomic mass is 10.1. The van der Waals surface area contributed by atoms with Crippen LogP contribution in [0.2, 0.25) is 0 Å². The summed E-state index contributed by atoms with van der Waals surface area (Å²) >= 11 is 0. The highest BCUT2D eigenvalue weighted by atomic mass is 16.3. The van der Waals surface area contributed by atoms with Crippen LogP contribution in [0.4, 0.5) is 0 Å². The number of phenolic OH excluding ortho intramolecular Hbond substituents is 2. The third-order valence-electron chi connectivity index (χ3n) is 5.63. The summed E-state index contributed by atoms with van der Waals surface area (Å²) in [5.41, 5.74) is 3.20. The average molecular weight is 484 g/mol. The van der Waals surface area contributed by atoms with E-state index in [2.05, 4.69) is 37.7 Å². The zero-order chi connectivity index (χ0) is 26.2. The molecule has 4 rings (SSSR count). The molecule has 0 aliphatic carbocycles. The number of imidazole rings is 1. The van der Waals surface area contributed by atoms with Crippen LogP contribution in [-0.4, -0.2) is 44.1 Å². The van der Waals surface area contributed by atoms with Crippen molar-refractivity contribution in [3.8, 4) is 22.9 Å². The molecule has 0 spiro atoms. The third kappa shape index (κ3) is 10.4. The van der Waals surface area contributed by atoms with E-state index in [0.717, 1.165) is 29.7 Å². The van der Waals surface area contributed by atoms with Crippen molar-refractivity contribution in [1.29, 1.82) is 0 Å². The molecule has 3 aromatic rings. The molecular weight excluding hydrogens is 438 g/mol. The van der Waals surface area contributed by atoms with Crippen LogP contribution < -0.4 is 0 Å². The van der Waals surface area contributed by atoms with Gasteiger partial charge in [0.2, 0.25) is 5.91 Å². The molecule has 1 amide bonds. The number of nitrogens with zero attached hydrogens (tertiary/aromatic N) is 2. The zero-order valence-electron chi connectivity index (χ0n) is 22.5. The largest absolute Gasteiger partial charge is 0.508 e. The summed E-state index contributed by atoms with van der Waals surface area (Å²) < 4.78 is 0. The summed E-state index contributed by atoms with van der Waals surface area (Å²) in [6.45, 7) is 14.6. The molecule has 0 radical (unpaired) electrons. The fourth-order valence-corrected chi connectivity index (χ4v) is 3.15. The molecule has 6 heteroatoms. The van der Waals surface area contributed by atoms with Gasteiger partial charge in [0.15, 0.2) is 0 Å². The van der Waals surface area contributed by atoms with E-state index in [1.165, 1.54) is 38.5 Å². The number of fused-ring (bicyclic) bond motifs is 1. The molecule has 0 bridgehead atoms. The maximum Gasteiger partial charge on any atom is 0.222 e. The van der Waals surface area contributed by atoms with Crippen molar-refractivity contribution < 1.29 is 15.0 Å². The Balaban J connectivity index is 0.000000300. The standard InChI is InChI=1S/C14H12N2O2.C7H13NO.2C4H10/c1-8-2-5-13(18)10(6-8)14-15-11-4-3-9(17)7-12(11)16-14;1-2-7(9)8-5-3-4-6-8;2*1-3-4-2/h2-7,17-18H,1H3,(H,15,16);2-6H2,1H3;2*3-4H2,1-2H3. The van der Waals surface area contributed by atoms with Crippen molar-refractivity contribution in [3.05, 3.63) is 42.0 Å². The normalized spacial score (nSPS) is 12.1. The second-order valence-electron chi connectivity index (χ2n) is 8.75. The van der Waals surface area contributed by atoms with Crippen LogP contribution in [0, 0.1) is 6.92 Å². The minimum atomic E-state index is 0.184. The van der Waals surface area contributed by atoms with Gasteiger partial charge in [-0.25, -0.2) is 4.98 Å². The van der Waals surface area contributed by atoms with Gasteiger partial charge in [-0.2, -0.15) is 0 Å². The van der Waals surface area contributed by atoms with Crippen LogP contribution in [-0.2, 0) is 4.79 Å². The molecule has 1 saturated heterocycles. The number of hydrogen-bond donors (Lipinski definition) is 3. The summed E-state index contributed by atoms with van der Waals surface area (Å²) in [7, 11) is 0. The summed E-state index contributed by atoms with van der Waals surface area (Å²) in [6.07, 6.45) is 8.34. The number of carbonyl (C=O) groups excluding carboxylic acids is 1. The number of aromatic nitrogens is 2. The van der Waals surface area contributed by atoms with Gasteiger partial charge in [0, 0.05) is 25.6 Å². The highest BCUT2D eigenvalue weighted by Gasteiger charge is 2.15. The van der Waals surface area contributed by atoms with Gasteiger partial charge in [-0.3, -0.25) is 4.79 Å². The average Bonchev–Trinajstić information content (AvgIpc) is 3.56. The minimum Gasteiger partial charge on any atom is -0.508 e. The van der Waals surface area contributed by atoms with E-state index < -0.39 is 0 Å². The van der Waals surface area contributed by atoms with E-state index in [1.54, 1.807) is 24.3 Å². The summed E-state index contributed by atoms with van der Waals surface area (Å²) in [5.74, 6) is 1.28. The number of rotatable bonds is 4. The Hall–Kier alpha value is -3.02. The number of unbranched alkanes of at least 4 members (excludes halogenated alkanes) is 2. The number of aromatic amines is 1. The predicted octanol–water partition coefficient (Wildman–Crippen LogP) is 7.58. The number of benzene rings is 2. The molecule has 1 aromatic heterocycles. The number of aromatic hydroxyl groups is 2. The Morgan fingerprint density at radius 2 is 1.51 bits per heavy atom. The number of carbonyl (C=O) groups is 1. The SMILES string of the molecule is CCC(=O)N1CCCC1.CCCC.CCCC.Cc1ccc(O)c(-c2nc3ccc(O)cc3[nH]2)c1. The Morgan fingerprint density at radius 3 is 2.06 bits per heavy atom. The van der Waals surface area contributed by atoms with Crippen molar-refractivity contribution in [3.63, 3.8) is 0 Å². The molecule has 0 unspecified atom stereocenters. The first-order chi connectivity index (χ1) is 16.8. The number of aryl methyl sites for hydroxylation is 1. The molecule has 6 nitrogen and oxygen atoms in total. The van der Waals surface area contributed by atoms with Gasteiger partial charge >= 0.3 is 0 Å². The second-order valence-corrected chi connectivity index (χ2v) is 8.75. The monoisotopic (exact) mass is 483 g/mol. The zero-order valence-corrected chi connectivity index (χ0v) is 22.5. The van der Waals surface area contributed by atoms with E-state index in [4.69, 9.17) is 0 Å². The molecule has 0 saturated carbocycles. The van der Waals surface area contributed by atoms with Gasteiger partial charge in [-0.15, -0.1) is 0 Å². The fraction of sp³-hybridized carbons (Fsp3) is 0.517. The van der Waals surface area contributed by atoms with Crippen molar-refractivity contribution in [2.24, 2.45) is 0 Å². The number of H-pyrrole nitrogens is 1. The molecule has 2 aromatic carbocycles. The van der Waals surface area contributed by atoms with E-state index in [-0.39, 0.29) is 11.5 Å². The maximum absolute atomic E-state index is 10.9. The Morgan fingerprint density at radius 1 is 0.914 bits per heavy atom. The van der Waals surface area contributed by atoms with Crippen molar-refractivity contribution in [2.75, 3.05) is 13.1 Å². The highest BCUT2D eigenvalue weighted by molar-refractivity contribution is 5.81. The van der Waals surface area contributed by atoms with Crippen LogP contribution in [0.25, 0.3) is 22.4 Å². The van der Waals surface area contributed by atoms with Crippen LogP contribution in [0.15, 0.2) is 36.4 Å². The topological polar surface area (TPSA) is 89.5 Å². The lowest BCUT2D eigenvalue weighted by Gasteiger charge is -2.12. The summed E-state index contributed by atoms with van der Waals surface area (Å²) in [4.78, 5) is 20.4. The van der Waals surface area contributed by atoms with Crippen molar-refractivity contribution >= 4 is 16.9 Å². The predicted molar refractivity (Wildman–Crippen MR) is 147 cm³/mol. The van der Waals surface area contributed by atoms with E-state index >= 15 is 0 Å². The number of phenols is 2. The highest BCUT2D eigenvalue weighted by Crippen LogP contribution is 2.30. The van der Waals surface area contributed by atoms with Gasteiger partial charge in [0.05, 0.1) is 16.6 Å². The minimum absolute atomic E-state index is 0.184. The van der Waals surface area contributed by atoms with E-state index in [9.17, 15) is 15.0 Å².